The van der Waals surface area contributed by atoms with E-state index in [1.807, 2.05) is 68.4 Å². The number of aryl methyl sites for hydroxylation is 2. The van der Waals surface area contributed by atoms with Crippen LogP contribution in [0.25, 0.3) is 6.08 Å². The molecule has 1 amide bonds. The standard InChI is InChI=1S/C19H17N3O/c1-14-3-7-16(8-4-14)11-18(12-20)19(23)22-21-13-17-9-5-15(2)6-10-17/h3-11,13H,1-2H3,(H,22,23)/b18-11+,21-13-. The van der Waals surface area contributed by atoms with Crippen LogP contribution in [-0.2, 0) is 4.79 Å². The highest BCUT2D eigenvalue weighted by molar-refractivity contribution is 6.01. The quantitative estimate of drug-likeness (QED) is 0.407. The first-order chi connectivity index (χ1) is 11.1. The van der Waals surface area contributed by atoms with Gasteiger partial charge in [0.1, 0.15) is 11.6 Å². The van der Waals surface area contributed by atoms with Gasteiger partial charge in [0.15, 0.2) is 0 Å². The van der Waals surface area contributed by atoms with Crippen molar-refractivity contribution in [3.8, 4) is 6.07 Å². The summed E-state index contributed by atoms with van der Waals surface area (Å²) < 4.78 is 0. The molecule has 0 spiro atoms. The van der Waals surface area contributed by atoms with E-state index in [0.29, 0.717) is 0 Å². The van der Waals surface area contributed by atoms with Gasteiger partial charge >= 0.3 is 0 Å². The molecule has 0 saturated heterocycles. The van der Waals surface area contributed by atoms with Crippen molar-refractivity contribution >= 4 is 18.2 Å². The number of carbonyl (C=O) groups excluding carboxylic acids is 1. The van der Waals surface area contributed by atoms with Gasteiger partial charge in [0.05, 0.1) is 6.21 Å². The van der Waals surface area contributed by atoms with Crippen LogP contribution in [0, 0.1) is 25.2 Å². The Balaban J connectivity index is 2.04. The van der Waals surface area contributed by atoms with E-state index < -0.39 is 5.91 Å². The summed E-state index contributed by atoms with van der Waals surface area (Å²) in [5, 5.41) is 13.0. The topological polar surface area (TPSA) is 65.2 Å². The molecule has 0 radical (unpaired) electrons. The van der Waals surface area contributed by atoms with E-state index in [1.54, 1.807) is 0 Å². The van der Waals surface area contributed by atoms with Crippen LogP contribution in [0.5, 0.6) is 0 Å². The molecule has 0 unspecified atom stereocenters. The molecule has 0 saturated carbocycles. The smallest absolute Gasteiger partial charge is 0.267 e. The number of rotatable bonds is 4. The summed E-state index contributed by atoms with van der Waals surface area (Å²) in [4.78, 5) is 12.0. The fraction of sp³-hybridized carbons (Fsp3) is 0.105. The Morgan fingerprint density at radius 1 is 1.00 bits per heavy atom. The maximum Gasteiger partial charge on any atom is 0.282 e. The molecule has 1 N–H and O–H groups in total. The number of hydrazone groups is 1. The molecule has 0 fully saturated rings. The minimum absolute atomic E-state index is 0.00918. The third kappa shape index (κ3) is 4.94. The molecule has 0 aliphatic heterocycles. The summed E-state index contributed by atoms with van der Waals surface area (Å²) >= 11 is 0. The maximum atomic E-state index is 12.0. The first-order valence-corrected chi connectivity index (χ1v) is 7.17. The molecule has 2 aromatic carbocycles. The van der Waals surface area contributed by atoms with Crippen molar-refractivity contribution in [1.82, 2.24) is 5.43 Å². The summed E-state index contributed by atoms with van der Waals surface area (Å²) in [5.41, 5.74) is 6.32. The van der Waals surface area contributed by atoms with Gasteiger partial charge in [-0.15, -0.1) is 0 Å². The summed E-state index contributed by atoms with van der Waals surface area (Å²) in [6, 6.07) is 17.2. The number of nitrogens with one attached hydrogen (secondary N) is 1. The molecule has 23 heavy (non-hydrogen) atoms. The van der Waals surface area contributed by atoms with Gasteiger partial charge in [0.2, 0.25) is 0 Å². The van der Waals surface area contributed by atoms with Crippen molar-refractivity contribution in [1.29, 1.82) is 5.26 Å². The Morgan fingerprint density at radius 2 is 1.52 bits per heavy atom. The fourth-order valence-corrected chi connectivity index (χ4v) is 1.86. The highest BCUT2D eigenvalue weighted by atomic mass is 16.2. The second-order valence-electron chi connectivity index (χ2n) is 5.19. The van der Waals surface area contributed by atoms with Gasteiger partial charge < -0.3 is 0 Å². The molecule has 2 aromatic rings. The second kappa shape index (κ2) is 7.71. The zero-order valence-electron chi connectivity index (χ0n) is 13.1. The molecule has 0 aliphatic rings. The normalized spacial score (nSPS) is 11.3. The third-order valence-electron chi connectivity index (χ3n) is 3.21. The predicted molar refractivity (Wildman–Crippen MR) is 91.7 cm³/mol. The van der Waals surface area contributed by atoms with Crippen LogP contribution in [0.4, 0.5) is 0 Å². The van der Waals surface area contributed by atoms with Crippen molar-refractivity contribution in [2.45, 2.75) is 13.8 Å². The van der Waals surface area contributed by atoms with Crippen LogP contribution >= 0.6 is 0 Å². The van der Waals surface area contributed by atoms with Crippen molar-refractivity contribution < 1.29 is 4.79 Å². The molecule has 0 bridgehead atoms. The number of nitriles is 1. The lowest BCUT2D eigenvalue weighted by molar-refractivity contribution is -0.117. The molecule has 0 heterocycles. The molecule has 0 aromatic heterocycles. The van der Waals surface area contributed by atoms with E-state index in [0.717, 1.165) is 22.3 Å². The van der Waals surface area contributed by atoms with E-state index in [-0.39, 0.29) is 5.57 Å². The van der Waals surface area contributed by atoms with Crippen molar-refractivity contribution in [3.05, 3.63) is 76.4 Å². The Kier molecular flexibility index (Phi) is 5.43. The van der Waals surface area contributed by atoms with E-state index in [9.17, 15) is 4.79 Å². The molecular formula is C19H17N3O. The number of carbonyl (C=O) groups is 1. The number of nitrogens with zero attached hydrogens (tertiary/aromatic N) is 2. The van der Waals surface area contributed by atoms with E-state index in [2.05, 4.69) is 10.5 Å². The lowest BCUT2D eigenvalue weighted by Crippen LogP contribution is -2.19. The van der Waals surface area contributed by atoms with Gasteiger partial charge in [-0.1, -0.05) is 59.7 Å². The number of hydrogen-bond acceptors (Lipinski definition) is 3. The van der Waals surface area contributed by atoms with Gasteiger partial charge in [-0.2, -0.15) is 10.4 Å². The Bertz CT molecular complexity index is 779. The van der Waals surface area contributed by atoms with Crippen LogP contribution in [0.3, 0.4) is 0 Å². The molecule has 114 valence electrons. The number of amides is 1. The Hall–Kier alpha value is -3.19. The monoisotopic (exact) mass is 303 g/mol. The lowest BCUT2D eigenvalue weighted by atomic mass is 10.1. The molecule has 4 heteroatoms. The first-order valence-electron chi connectivity index (χ1n) is 7.17. The van der Waals surface area contributed by atoms with E-state index >= 15 is 0 Å². The summed E-state index contributed by atoms with van der Waals surface area (Å²) in [6.45, 7) is 3.98. The van der Waals surface area contributed by atoms with Crippen LogP contribution in [0.1, 0.15) is 22.3 Å². The van der Waals surface area contributed by atoms with Gasteiger partial charge in [-0.05, 0) is 31.1 Å². The van der Waals surface area contributed by atoms with Crippen molar-refractivity contribution in [2.75, 3.05) is 0 Å². The highest BCUT2D eigenvalue weighted by Crippen LogP contribution is 2.08. The van der Waals surface area contributed by atoms with Gasteiger partial charge in [0, 0.05) is 0 Å². The third-order valence-corrected chi connectivity index (χ3v) is 3.21. The van der Waals surface area contributed by atoms with Crippen LogP contribution in [-0.4, -0.2) is 12.1 Å². The first kappa shape index (κ1) is 16.2. The van der Waals surface area contributed by atoms with Crippen LogP contribution < -0.4 is 5.43 Å². The predicted octanol–water partition coefficient (Wildman–Crippen LogP) is 3.36. The van der Waals surface area contributed by atoms with Crippen LogP contribution in [0.15, 0.2) is 59.2 Å². The molecule has 0 atom stereocenters. The largest absolute Gasteiger partial charge is 0.282 e. The number of benzene rings is 2. The highest BCUT2D eigenvalue weighted by Gasteiger charge is 2.07. The zero-order valence-corrected chi connectivity index (χ0v) is 13.1. The average molecular weight is 303 g/mol. The minimum atomic E-state index is -0.531. The SMILES string of the molecule is Cc1ccc(/C=N\NC(=O)/C(C#N)=C/c2ccc(C)cc2)cc1. The zero-order chi connectivity index (χ0) is 16.7. The Morgan fingerprint density at radius 3 is 2.04 bits per heavy atom. The minimum Gasteiger partial charge on any atom is -0.267 e. The molecule has 0 aliphatic carbocycles. The van der Waals surface area contributed by atoms with Gasteiger partial charge in [0.25, 0.3) is 5.91 Å². The van der Waals surface area contributed by atoms with E-state index in [4.69, 9.17) is 5.26 Å². The van der Waals surface area contributed by atoms with Crippen molar-refractivity contribution in [2.24, 2.45) is 5.10 Å². The molecule has 4 nitrogen and oxygen atoms in total. The lowest BCUT2D eigenvalue weighted by Gasteiger charge is -1.99. The maximum absolute atomic E-state index is 12.0. The Labute approximate surface area is 135 Å². The van der Waals surface area contributed by atoms with Gasteiger partial charge in [-0.3, -0.25) is 4.79 Å². The molecular weight excluding hydrogens is 286 g/mol. The fourth-order valence-electron chi connectivity index (χ4n) is 1.86. The van der Waals surface area contributed by atoms with Crippen molar-refractivity contribution in [3.63, 3.8) is 0 Å². The molecule has 2 rings (SSSR count). The summed E-state index contributed by atoms with van der Waals surface area (Å²) in [5.74, 6) is -0.531. The van der Waals surface area contributed by atoms with Gasteiger partial charge in [-0.25, -0.2) is 5.43 Å². The number of hydrogen-bond donors (Lipinski definition) is 1. The average Bonchev–Trinajstić information content (AvgIpc) is 2.56. The second-order valence-corrected chi connectivity index (χ2v) is 5.19. The van der Waals surface area contributed by atoms with Crippen LogP contribution in [0.2, 0.25) is 0 Å². The summed E-state index contributed by atoms with van der Waals surface area (Å²) in [6.07, 6.45) is 3.08. The van der Waals surface area contributed by atoms with E-state index in [1.165, 1.54) is 12.3 Å². The summed E-state index contributed by atoms with van der Waals surface area (Å²) in [7, 11) is 0.